The molecule has 1 aromatic carbocycles. The van der Waals surface area contributed by atoms with E-state index in [1.54, 1.807) is 30.5 Å². The van der Waals surface area contributed by atoms with E-state index < -0.39 is 11.2 Å². The summed E-state index contributed by atoms with van der Waals surface area (Å²) in [5.41, 5.74) is 0.716. The molecule has 2 aromatic heterocycles. The molecular formula is C19H19ClN4O3. The van der Waals surface area contributed by atoms with Crippen molar-refractivity contribution in [2.24, 2.45) is 14.1 Å². The molecule has 3 aromatic rings. The van der Waals surface area contributed by atoms with Gasteiger partial charge in [-0.15, -0.1) is 0 Å². The Morgan fingerprint density at radius 2 is 1.74 bits per heavy atom. The van der Waals surface area contributed by atoms with Crippen LogP contribution in [0.5, 0.6) is 0 Å². The number of anilines is 1. The van der Waals surface area contributed by atoms with Crippen LogP contribution in [0.2, 0.25) is 5.02 Å². The Labute approximate surface area is 160 Å². The van der Waals surface area contributed by atoms with Crippen LogP contribution < -0.4 is 16.6 Å². The minimum atomic E-state index is -0.505. The van der Waals surface area contributed by atoms with Gasteiger partial charge in [0.05, 0.1) is 5.69 Å². The van der Waals surface area contributed by atoms with Gasteiger partial charge in [-0.25, -0.2) is 9.78 Å². The number of amides is 1. The number of fused-ring (bicyclic) bond motifs is 1. The first kappa shape index (κ1) is 18.8. The second-order valence-electron chi connectivity index (χ2n) is 6.61. The van der Waals surface area contributed by atoms with E-state index in [1.165, 1.54) is 18.7 Å². The predicted octanol–water partition coefficient (Wildman–Crippen LogP) is 2.66. The van der Waals surface area contributed by atoms with Gasteiger partial charge in [0.15, 0.2) is 5.65 Å². The fourth-order valence-electron chi connectivity index (χ4n) is 2.90. The van der Waals surface area contributed by atoms with E-state index in [1.807, 2.05) is 13.8 Å². The fraction of sp³-hybridized carbons (Fsp3) is 0.263. The number of halogens is 1. The number of carbonyl (C=O) groups excluding carboxylic acids is 1. The highest BCUT2D eigenvalue weighted by atomic mass is 35.5. The molecule has 8 heteroatoms. The van der Waals surface area contributed by atoms with Crippen LogP contribution in [0, 0.1) is 0 Å². The monoisotopic (exact) mass is 386 g/mol. The van der Waals surface area contributed by atoms with Gasteiger partial charge in [-0.05, 0) is 35.7 Å². The summed E-state index contributed by atoms with van der Waals surface area (Å²) in [6, 6.07) is 6.44. The summed E-state index contributed by atoms with van der Waals surface area (Å²) in [5, 5.41) is 3.56. The van der Waals surface area contributed by atoms with Crippen LogP contribution in [0.25, 0.3) is 11.0 Å². The summed E-state index contributed by atoms with van der Waals surface area (Å²) in [6.07, 6.45) is 1.59. The third-order valence-corrected chi connectivity index (χ3v) is 4.72. The molecule has 2 heterocycles. The predicted molar refractivity (Wildman–Crippen MR) is 106 cm³/mol. The lowest BCUT2D eigenvalue weighted by molar-refractivity contribution is 0.102. The van der Waals surface area contributed by atoms with E-state index in [4.69, 9.17) is 11.6 Å². The van der Waals surface area contributed by atoms with E-state index in [0.29, 0.717) is 21.8 Å². The third kappa shape index (κ3) is 3.26. The zero-order valence-electron chi connectivity index (χ0n) is 15.4. The van der Waals surface area contributed by atoms with E-state index >= 15 is 0 Å². The highest BCUT2D eigenvalue weighted by molar-refractivity contribution is 6.30. The van der Waals surface area contributed by atoms with Crippen molar-refractivity contribution in [1.29, 1.82) is 0 Å². The van der Waals surface area contributed by atoms with Crippen molar-refractivity contribution in [3.05, 3.63) is 67.4 Å². The first-order valence-corrected chi connectivity index (χ1v) is 8.75. The van der Waals surface area contributed by atoms with Gasteiger partial charge in [0, 0.05) is 30.9 Å². The lowest BCUT2D eigenvalue weighted by atomic mass is 10.0. The molecule has 0 radical (unpaired) electrons. The zero-order chi connectivity index (χ0) is 19.9. The average molecular weight is 387 g/mol. The highest BCUT2D eigenvalue weighted by Crippen LogP contribution is 2.29. The van der Waals surface area contributed by atoms with Crippen LogP contribution in [0.1, 0.15) is 35.7 Å². The first-order chi connectivity index (χ1) is 12.7. The lowest BCUT2D eigenvalue weighted by Crippen LogP contribution is -2.38. The molecule has 0 aliphatic rings. The SMILES string of the molecule is CC(C)c1cnc2c(c1NC(=O)c1ccc(Cl)cc1)c(=O)n(C)c(=O)n2C. The molecule has 0 saturated carbocycles. The average Bonchev–Trinajstić information content (AvgIpc) is 2.64. The molecule has 0 aliphatic heterocycles. The number of rotatable bonds is 3. The maximum Gasteiger partial charge on any atom is 0.332 e. The largest absolute Gasteiger partial charge is 0.332 e. The third-order valence-electron chi connectivity index (χ3n) is 4.47. The standard InChI is InChI=1S/C19H19ClN4O3/c1-10(2)13-9-21-16-14(18(26)24(4)19(27)23(16)3)15(13)22-17(25)11-5-7-12(20)8-6-11/h5-10H,1-4H3,(H,21,22,25). The first-order valence-electron chi connectivity index (χ1n) is 8.38. The quantitative estimate of drug-likeness (QED) is 0.749. The molecule has 3 rings (SSSR count). The number of carbonyl (C=O) groups is 1. The van der Waals surface area contributed by atoms with Crippen LogP contribution in [0.3, 0.4) is 0 Å². The van der Waals surface area contributed by atoms with Crippen LogP contribution in [-0.4, -0.2) is 20.0 Å². The minimum absolute atomic E-state index is 0.00404. The lowest BCUT2D eigenvalue weighted by Gasteiger charge is -2.17. The molecule has 0 aliphatic carbocycles. The molecule has 0 unspecified atom stereocenters. The van der Waals surface area contributed by atoms with Crippen LogP contribution >= 0.6 is 11.6 Å². The molecule has 0 bridgehead atoms. The number of benzene rings is 1. The number of pyridine rings is 1. The Hall–Kier alpha value is -2.93. The Balaban J connectivity index is 2.27. The summed E-state index contributed by atoms with van der Waals surface area (Å²) in [6.45, 7) is 3.88. The second kappa shape index (κ2) is 7.00. The van der Waals surface area contributed by atoms with Crippen molar-refractivity contribution in [3.63, 3.8) is 0 Å². The van der Waals surface area contributed by atoms with Crippen LogP contribution in [-0.2, 0) is 14.1 Å². The topological polar surface area (TPSA) is 86.0 Å². The Kier molecular flexibility index (Phi) is 4.89. The van der Waals surface area contributed by atoms with Gasteiger partial charge in [0.1, 0.15) is 5.39 Å². The Bertz CT molecular complexity index is 1160. The highest BCUT2D eigenvalue weighted by Gasteiger charge is 2.20. The van der Waals surface area contributed by atoms with Gasteiger partial charge >= 0.3 is 5.69 Å². The van der Waals surface area contributed by atoms with Gasteiger partial charge in [0.25, 0.3) is 11.5 Å². The maximum absolute atomic E-state index is 12.8. The smallest absolute Gasteiger partial charge is 0.321 e. The molecule has 0 spiro atoms. The van der Waals surface area contributed by atoms with Crippen molar-refractivity contribution in [2.45, 2.75) is 19.8 Å². The van der Waals surface area contributed by atoms with Crippen molar-refractivity contribution < 1.29 is 4.79 Å². The molecule has 27 heavy (non-hydrogen) atoms. The van der Waals surface area contributed by atoms with E-state index in [2.05, 4.69) is 10.3 Å². The number of hydrogen-bond acceptors (Lipinski definition) is 4. The van der Waals surface area contributed by atoms with Gasteiger partial charge in [-0.3, -0.25) is 18.7 Å². The Morgan fingerprint density at radius 3 is 2.33 bits per heavy atom. The number of nitrogens with one attached hydrogen (secondary N) is 1. The van der Waals surface area contributed by atoms with E-state index in [0.717, 1.165) is 4.57 Å². The number of aromatic nitrogens is 3. The molecule has 1 N–H and O–H groups in total. The van der Waals surface area contributed by atoms with Crippen molar-refractivity contribution in [1.82, 2.24) is 14.1 Å². The summed E-state index contributed by atoms with van der Waals surface area (Å²) in [5.74, 6) is -0.374. The molecule has 7 nitrogen and oxygen atoms in total. The van der Waals surface area contributed by atoms with Crippen molar-refractivity contribution in [3.8, 4) is 0 Å². The molecule has 0 fully saturated rings. The summed E-state index contributed by atoms with van der Waals surface area (Å²) < 4.78 is 2.30. The summed E-state index contributed by atoms with van der Waals surface area (Å²) in [4.78, 5) is 42.0. The molecule has 0 atom stereocenters. The fourth-order valence-corrected chi connectivity index (χ4v) is 3.03. The second-order valence-corrected chi connectivity index (χ2v) is 7.05. The van der Waals surface area contributed by atoms with E-state index in [-0.39, 0.29) is 22.9 Å². The number of aryl methyl sites for hydroxylation is 1. The normalized spacial score (nSPS) is 11.2. The minimum Gasteiger partial charge on any atom is -0.321 e. The van der Waals surface area contributed by atoms with Crippen LogP contribution in [0.4, 0.5) is 5.69 Å². The van der Waals surface area contributed by atoms with Crippen molar-refractivity contribution in [2.75, 3.05) is 5.32 Å². The molecular weight excluding hydrogens is 368 g/mol. The number of nitrogens with zero attached hydrogens (tertiary/aromatic N) is 3. The van der Waals surface area contributed by atoms with Gasteiger partial charge in [-0.1, -0.05) is 25.4 Å². The molecule has 0 saturated heterocycles. The number of hydrogen-bond donors (Lipinski definition) is 1. The molecule has 1 amide bonds. The molecule has 140 valence electrons. The van der Waals surface area contributed by atoms with Crippen LogP contribution in [0.15, 0.2) is 40.1 Å². The summed E-state index contributed by atoms with van der Waals surface area (Å²) in [7, 11) is 2.94. The zero-order valence-corrected chi connectivity index (χ0v) is 16.2. The van der Waals surface area contributed by atoms with Gasteiger partial charge in [-0.2, -0.15) is 0 Å². The summed E-state index contributed by atoms with van der Waals surface area (Å²) >= 11 is 5.88. The maximum atomic E-state index is 12.8. The van der Waals surface area contributed by atoms with Gasteiger partial charge in [0.2, 0.25) is 0 Å². The van der Waals surface area contributed by atoms with Crippen molar-refractivity contribution >= 4 is 34.2 Å². The Morgan fingerprint density at radius 1 is 1.11 bits per heavy atom. The van der Waals surface area contributed by atoms with E-state index in [9.17, 15) is 14.4 Å². The van der Waals surface area contributed by atoms with Gasteiger partial charge < -0.3 is 5.32 Å².